The molecule has 0 aliphatic carbocycles. The van der Waals surface area contributed by atoms with Gasteiger partial charge >= 0.3 is 5.97 Å². The Morgan fingerprint density at radius 3 is 2.39 bits per heavy atom. The molecule has 3 aromatic carbocycles. The lowest BCUT2D eigenvalue weighted by molar-refractivity contribution is 0.0438. The first kappa shape index (κ1) is 13.6. The van der Waals surface area contributed by atoms with Crippen molar-refractivity contribution in [2.24, 2.45) is 0 Å². The van der Waals surface area contributed by atoms with Gasteiger partial charge in [-0.25, -0.2) is 4.79 Å². The van der Waals surface area contributed by atoms with Crippen LogP contribution in [0.25, 0.3) is 21.5 Å². The number of carbonyl (C=O) groups excluding carboxylic acids is 1. The van der Waals surface area contributed by atoms with Gasteiger partial charge in [0, 0.05) is 0 Å². The number of ether oxygens (including phenoxy) is 1. The van der Waals surface area contributed by atoms with Crippen LogP contribution in [0.5, 0.6) is 0 Å². The second kappa shape index (κ2) is 5.61. The summed E-state index contributed by atoms with van der Waals surface area (Å²) in [4.78, 5) is 12.0. The Morgan fingerprint density at radius 1 is 0.870 bits per heavy atom. The summed E-state index contributed by atoms with van der Waals surface area (Å²) < 4.78 is 10.5. The molecule has 1 aromatic heterocycles. The Bertz CT molecular complexity index is 984. The van der Waals surface area contributed by atoms with Crippen LogP contribution in [-0.4, -0.2) is 5.97 Å². The van der Waals surface area contributed by atoms with Gasteiger partial charge in [0.1, 0.15) is 6.61 Å². The number of carbonyl (C=O) groups is 1. The Kier molecular flexibility index (Phi) is 3.31. The van der Waals surface area contributed by atoms with Gasteiger partial charge in [0.05, 0.1) is 6.26 Å². The van der Waals surface area contributed by atoms with Crippen LogP contribution in [0.3, 0.4) is 0 Å². The van der Waals surface area contributed by atoms with E-state index in [2.05, 4.69) is 30.3 Å². The van der Waals surface area contributed by atoms with E-state index >= 15 is 0 Å². The number of fused-ring (bicyclic) bond motifs is 3. The van der Waals surface area contributed by atoms with Crippen molar-refractivity contribution in [1.82, 2.24) is 0 Å². The maximum atomic E-state index is 12.0. The van der Waals surface area contributed by atoms with E-state index in [0.29, 0.717) is 0 Å². The molecule has 4 aromatic rings. The van der Waals surface area contributed by atoms with E-state index < -0.39 is 5.97 Å². The van der Waals surface area contributed by atoms with E-state index in [4.69, 9.17) is 9.15 Å². The van der Waals surface area contributed by atoms with Crippen LogP contribution in [0.1, 0.15) is 16.1 Å². The highest BCUT2D eigenvalue weighted by Gasteiger charge is 2.12. The molecule has 3 nitrogen and oxygen atoms in total. The fraction of sp³-hybridized carbons (Fsp3) is 0.0500. The number of benzene rings is 3. The topological polar surface area (TPSA) is 39.4 Å². The predicted molar refractivity (Wildman–Crippen MR) is 89.3 cm³/mol. The smallest absolute Gasteiger partial charge is 0.374 e. The molecule has 0 saturated heterocycles. The number of hydrogen-bond acceptors (Lipinski definition) is 3. The summed E-state index contributed by atoms with van der Waals surface area (Å²) in [7, 11) is 0. The second-order valence-corrected chi connectivity index (χ2v) is 5.36. The molecule has 0 bridgehead atoms. The van der Waals surface area contributed by atoms with Gasteiger partial charge in [-0.15, -0.1) is 0 Å². The Balaban J connectivity index is 1.75. The normalized spacial score (nSPS) is 11.0. The minimum absolute atomic E-state index is 0.213. The molecule has 4 rings (SSSR count). The monoisotopic (exact) mass is 302 g/mol. The highest BCUT2D eigenvalue weighted by atomic mass is 16.5. The van der Waals surface area contributed by atoms with Crippen LogP contribution in [0, 0.1) is 0 Å². The maximum Gasteiger partial charge on any atom is 0.374 e. The minimum atomic E-state index is -0.452. The molecule has 0 unspecified atom stereocenters. The first-order chi connectivity index (χ1) is 11.3. The lowest BCUT2D eigenvalue weighted by atomic mass is 9.98. The number of rotatable bonds is 3. The Labute approximate surface area is 133 Å². The maximum absolute atomic E-state index is 12.0. The third-order valence-electron chi connectivity index (χ3n) is 3.93. The van der Waals surface area contributed by atoms with E-state index in [1.54, 1.807) is 12.1 Å². The van der Waals surface area contributed by atoms with Gasteiger partial charge in [0.25, 0.3) is 0 Å². The summed E-state index contributed by atoms with van der Waals surface area (Å²) in [6.07, 6.45) is 1.46. The zero-order valence-electron chi connectivity index (χ0n) is 12.4. The van der Waals surface area contributed by atoms with E-state index in [0.717, 1.165) is 21.7 Å². The zero-order chi connectivity index (χ0) is 15.6. The molecule has 0 aliphatic heterocycles. The van der Waals surface area contributed by atoms with Crippen molar-refractivity contribution < 1.29 is 13.9 Å². The van der Waals surface area contributed by atoms with Gasteiger partial charge in [-0.1, -0.05) is 48.5 Å². The quantitative estimate of drug-likeness (QED) is 0.397. The van der Waals surface area contributed by atoms with Crippen molar-refractivity contribution in [2.45, 2.75) is 6.61 Å². The van der Waals surface area contributed by atoms with Crippen molar-refractivity contribution >= 4 is 27.5 Å². The van der Waals surface area contributed by atoms with Gasteiger partial charge in [0.2, 0.25) is 5.76 Å². The summed E-state index contributed by atoms with van der Waals surface area (Å²) in [5.41, 5.74) is 0.985. The standard InChI is InChI=1S/C20H14O3/c21-20(19-10-5-11-22-19)23-13-15-12-14-6-1-2-7-16(14)18-9-4-3-8-17(15)18/h1-12H,13H2. The number of hydrogen-bond donors (Lipinski definition) is 0. The lowest BCUT2D eigenvalue weighted by Gasteiger charge is -2.10. The van der Waals surface area contributed by atoms with E-state index in [1.165, 1.54) is 11.6 Å². The highest BCUT2D eigenvalue weighted by molar-refractivity contribution is 6.08. The molecule has 0 aliphatic rings. The van der Waals surface area contributed by atoms with E-state index in [-0.39, 0.29) is 12.4 Å². The predicted octanol–water partition coefficient (Wildman–Crippen LogP) is 4.94. The molecule has 112 valence electrons. The van der Waals surface area contributed by atoms with Gasteiger partial charge < -0.3 is 9.15 Å². The highest BCUT2D eigenvalue weighted by Crippen LogP contribution is 2.29. The Hall–Kier alpha value is -3.07. The summed E-state index contributed by atoms with van der Waals surface area (Å²) in [6.45, 7) is 0.213. The molecule has 0 amide bonds. The Morgan fingerprint density at radius 2 is 1.61 bits per heavy atom. The van der Waals surface area contributed by atoms with Gasteiger partial charge in [-0.2, -0.15) is 0 Å². The molecule has 0 N–H and O–H groups in total. The number of esters is 1. The largest absolute Gasteiger partial charge is 0.457 e. The molecular weight excluding hydrogens is 288 g/mol. The summed E-state index contributed by atoms with van der Waals surface area (Å²) in [6, 6.07) is 21.7. The van der Waals surface area contributed by atoms with E-state index in [9.17, 15) is 4.79 Å². The van der Waals surface area contributed by atoms with Crippen LogP contribution in [0.4, 0.5) is 0 Å². The van der Waals surface area contributed by atoms with Crippen molar-refractivity contribution in [3.05, 3.63) is 84.3 Å². The third-order valence-corrected chi connectivity index (χ3v) is 3.93. The molecule has 0 atom stereocenters. The minimum Gasteiger partial charge on any atom is -0.457 e. The molecule has 0 saturated carbocycles. The average molecular weight is 302 g/mol. The first-order valence-corrected chi connectivity index (χ1v) is 7.43. The van der Waals surface area contributed by atoms with Gasteiger partial charge in [-0.3, -0.25) is 0 Å². The van der Waals surface area contributed by atoms with Crippen molar-refractivity contribution in [3.63, 3.8) is 0 Å². The van der Waals surface area contributed by atoms with Gasteiger partial charge in [-0.05, 0) is 45.3 Å². The zero-order valence-corrected chi connectivity index (χ0v) is 12.4. The van der Waals surface area contributed by atoms with Crippen LogP contribution in [0.15, 0.2) is 77.4 Å². The summed E-state index contributed by atoms with van der Waals surface area (Å²) in [5, 5.41) is 4.59. The van der Waals surface area contributed by atoms with Crippen LogP contribution in [-0.2, 0) is 11.3 Å². The van der Waals surface area contributed by atoms with Crippen molar-refractivity contribution in [2.75, 3.05) is 0 Å². The molecular formula is C20H14O3. The fourth-order valence-corrected chi connectivity index (χ4v) is 2.86. The van der Waals surface area contributed by atoms with E-state index in [1.807, 2.05) is 24.3 Å². The lowest BCUT2D eigenvalue weighted by Crippen LogP contribution is -2.04. The SMILES string of the molecule is O=C(OCc1cc2ccccc2c2ccccc12)c1ccco1. The molecule has 0 fully saturated rings. The van der Waals surface area contributed by atoms with Crippen LogP contribution < -0.4 is 0 Å². The fourth-order valence-electron chi connectivity index (χ4n) is 2.86. The van der Waals surface area contributed by atoms with Crippen LogP contribution >= 0.6 is 0 Å². The molecule has 3 heteroatoms. The third kappa shape index (κ3) is 2.46. The number of furan rings is 1. The molecule has 23 heavy (non-hydrogen) atoms. The first-order valence-electron chi connectivity index (χ1n) is 7.43. The molecule has 0 radical (unpaired) electrons. The molecule has 0 spiro atoms. The average Bonchev–Trinajstić information content (AvgIpc) is 3.14. The van der Waals surface area contributed by atoms with Crippen LogP contribution in [0.2, 0.25) is 0 Å². The molecule has 1 heterocycles. The second-order valence-electron chi connectivity index (χ2n) is 5.36. The van der Waals surface area contributed by atoms with Crippen molar-refractivity contribution in [3.8, 4) is 0 Å². The van der Waals surface area contributed by atoms with Crippen molar-refractivity contribution in [1.29, 1.82) is 0 Å². The van der Waals surface area contributed by atoms with Gasteiger partial charge in [0.15, 0.2) is 0 Å². The summed E-state index contributed by atoms with van der Waals surface area (Å²) >= 11 is 0. The summed E-state index contributed by atoms with van der Waals surface area (Å²) in [5.74, 6) is -0.234.